The van der Waals surface area contributed by atoms with E-state index >= 15 is 0 Å². The third-order valence-electron chi connectivity index (χ3n) is 9.85. The Bertz CT molecular complexity index is 1240. The number of alkyl carbamates (subject to hydrolysis) is 2. The fraction of sp³-hybridized carbons (Fsp3) is 0.652. The van der Waals surface area contributed by atoms with Gasteiger partial charge in [0.15, 0.2) is 0 Å². The zero-order valence-corrected chi connectivity index (χ0v) is 37.2. The van der Waals surface area contributed by atoms with Gasteiger partial charge in [-0.1, -0.05) is 212 Å². The van der Waals surface area contributed by atoms with E-state index in [1.54, 1.807) is 0 Å². The summed E-state index contributed by atoms with van der Waals surface area (Å²) >= 11 is 0. The minimum atomic E-state index is -0.851. The number of rotatable bonds is 35. The smallest absolute Gasteiger partial charge is 0.408 e. The lowest BCUT2D eigenvalue weighted by atomic mass is 10.1. The molecule has 2 unspecified atom stereocenters. The summed E-state index contributed by atoms with van der Waals surface area (Å²) in [5.41, 5.74) is 1.69. The number of amides is 4. The van der Waals surface area contributed by atoms with E-state index in [0.717, 1.165) is 49.7 Å². The molecule has 0 heterocycles. The van der Waals surface area contributed by atoms with Crippen molar-refractivity contribution in [2.45, 2.75) is 168 Å². The molecule has 0 aliphatic rings. The van der Waals surface area contributed by atoms with E-state index in [-0.39, 0.29) is 36.5 Å². The van der Waals surface area contributed by atoms with Gasteiger partial charge in [0, 0.05) is 24.6 Å². The molecule has 326 valence electrons. The van der Waals surface area contributed by atoms with Crippen molar-refractivity contribution < 1.29 is 28.7 Å². The average molecular weight is 843 g/mol. The van der Waals surface area contributed by atoms with Crippen LogP contribution in [0.15, 0.2) is 60.7 Å². The summed E-state index contributed by atoms with van der Waals surface area (Å²) in [5, 5.41) is 11.5. The van der Waals surface area contributed by atoms with Crippen LogP contribution in [0.3, 0.4) is 0 Å². The zero-order valence-electron chi connectivity index (χ0n) is 35.6. The molecule has 10 nitrogen and oxygen atoms in total. The van der Waals surface area contributed by atoms with Crippen LogP contribution in [-0.2, 0) is 32.3 Å². The number of carbonyl (C=O) groups excluding carboxylic acids is 4. The number of hydrogen-bond donors (Lipinski definition) is 4. The molecular formula is C46H74N4O6S2. The molecule has 4 amide bonds. The lowest BCUT2D eigenvalue weighted by Gasteiger charge is -2.20. The van der Waals surface area contributed by atoms with Gasteiger partial charge in [0.2, 0.25) is 11.8 Å². The quantitative estimate of drug-likeness (QED) is 0.0398. The summed E-state index contributed by atoms with van der Waals surface area (Å²) in [6.07, 6.45) is 22.7. The molecule has 2 aromatic rings. The maximum absolute atomic E-state index is 13.3. The van der Waals surface area contributed by atoms with Crippen molar-refractivity contribution in [3.05, 3.63) is 71.8 Å². The highest BCUT2D eigenvalue weighted by atomic mass is 33.1. The van der Waals surface area contributed by atoms with Crippen LogP contribution in [-0.4, -0.2) is 60.7 Å². The van der Waals surface area contributed by atoms with Gasteiger partial charge in [0.25, 0.3) is 0 Å². The minimum absolute atomic E-state index is 0.0868. The molecular weight excluding hydrogens is 769 g/mol. The summed E-state index contributed by atoms with van der Waals surface area (Å²) in [4.78, 5) is 52.3. The first-order valence-electron chi connectivity index (χ1n) is 22.2. The molecule has 2 aromatic carbocycles. The Balaban J connectivity index is 1.87. The predicted octanol–water partition coefficient (Wildman–Crippen LogP) is 11.0. The zero-order chi connectivity index (χ0) is 41.7. The highest BCUT2D eigenvalue weighted by Gasteiger charge is 2.25. The fourth-order valence-corrected chi connectivity index (χ4v) is 8.63. The number of benzene rings is 2. The van der Waals surface area contributed by atoms with Gasteiger partial charge in [-0.15, -0.1) is 0 Å². The van der Waals surface area contributed by atoms with Crippen LogP contribution >= 0.6 is 21.6 Å². The molecule has 0 bridgehead atoms. The Morgan fingerprint density at radius 2 is 0.776 bits per heavy atom. The summed E-state index contributed by atoms with van der Waals surface area (Å²) in [7, 11) is 2.70. The van der Waals surface area contributed by atoms with Gasteiger partial charge in [-0.25, -0.2) is 9.59 Å². The fourth-order valence-electron chi connectivity index (χ4n) is 6.31. The van der Waals surface area contributed by atoms with Gasteiger partial charge in [-0.2, -0.15) is 0 Å². The first-order valence-corrected chi connectivity index (χ1v) is 24.7. The van der Waals surface area contributed by atoms with E-state index in [1.165, 1.54) is 111 Å². The molecule has 4 N–H and O–H groups in total. The predicted molar refractivity (Wildman–Crippen MR) is 242 cm³/mol. The van der Waals surface area contributed by atoms with Crippen molar-refractivity contribution in [3.8, 4) is 0 Å². The summed E-state index contributed by atoms with van der Waals surface area (Å²) in [6.45, 7) is 5.70. The number of ether oxygens (including phenoxy) is 2. The highest BCUT2D eigenvalue weighted by Crippen LogP contribution is 2.24. The van der Waals surface area contributed by atoms with Crippen LogP contribution in [0.1, 0.15) is 153 Å². The second-order valence-electron chi connectivity index (χ2n) is 15.0. The van der Waals surface area contributed by atoms with Crippen LogP contribution < -0.4 is 21.3 Å². The second kappa shape index (κ2) is 35.6. The summed E-state index contributed by atoms with van der Waals surface area (Å²) in [6, 6.07) is 17.0. The Morgan fingerprint density at radius 1 is 0.466 bits per heavy atom. The van der Waals surface area contributed by atoms with Crippen molar-refractivity contribution in [1.29, 1.82) is 0 Å². The number of nitrogens with one attached hydrogen (secondary N) is 4. The average Bonchev–Trinajstić information content (AvgIpc) is 3.24. The summed E-state index contributed by atoms with van der Waals surface area (Å²) < 4.78 is 10.9. The Labute approximate surface area is 358 Å². The van der Waals surface area contributed by atoms with Gasteiger partial charge < -0.3 is 30.7 Å². The van der Waals surface area contributed by atoms with Crippen molar-refractivity contribution in [1.82, 2.24) is 21.3 Å². The van der Waals surface area contributed by atoms with Crippen molar-refractivity contribution in [2.24, 2.45) is 0 Å². The van der Waals surface area contributed by atoms with Crippen LogP contribution in [0.5, 0.6) is 0 Å². The number of unbranched alkanes of at least 4 members (excludes halogenated alkanes) is 18. The van der Waals surface area contributed by atoms with Crippen molar-refractivity contribution in [3.63, 3.8) is 0 Å². The Morgan fingerprint density at radius 3 is 1.10 bits per heavy atom. The molecule has 58 heavy (non-hydrogen) atoms. The first kappa shape index (κ1) is 50.8. The van der Waals surface area contributed by atoms with E-state index in [1.807, 2.05) is 60.7 Å². The second-order valence-corrected chi connectivity index (χ2v) is 17.6. The third kappa shape index (κ3) is 27.3. The lowest BCUT2D eigenvalue weighted by Crippen LogP contribution is -2.49. The maximum atomic E-state index is 13.3. The van der Waals surface area contributed by atoms with Gasteiger partial charge in [0.1, 0.15) is 25.3 Å². The van der Waals surface area contributed by atoms with Crippen LogP contribution in [0, 0.1) is 0 Å². The van der Waals surface area contributed by atoms with E-state index < -0.39 is 24.3 Å². The van der Waals surface area contributed by atoms with Crippen LogP contribution in [0.4, 0.5) is 9.59 Å². The van der Waals surface area contributed by atoms with Gasteiger partial charge in [-0.05, 0) is 24.0 Å². The highest BCUT2D eigenvalue weighted by molar-refractivity contribution is 8.76. The van der Waals surface area contributed by atoms with Gasteiger partial charge in [0.05, 0.1) is 0 Å². The van der Waals surface area contributed by atoms with E-state index in [9.17, 15) is 19.2 Å². The molecule has 2 rings (SSSR count). The molecule has 0 saturated carbocycles. The van der Waals surface area contributed by atoms with E-state index in [0.29, 0.717) is 13.1 Å². The minimum Gasteiger partial charge on any atom is -0.445 e. The molecule has 0 saturated heterocycles. The third-order valence-corrected chi connectivity index (χ3v) is 12.3. The van der Waals surface area contributed by atoms with Crippen LogP contribution in [0.2, 0.25) is 0 Å². The topological polar surface area (TPSA) is 135 Å². The lowest BCUT2D eigenvalue weighted by molar-refractivity contribution is -0.123. The maximum Gasteiger partial charge on any atom is 0.408 e. The standard InChI is InChI=1S/C46H74N4O6S2/c1-3-5-7-9-11-13-15-17-19-27-33-47-43(51)41(49-45(53)55-35-39-29-23-21-24-30-39)37-57-58-38-42(50-46(54)56-36-40-31-25-22-26-32-40)44(52)48-34-28-20-18-16-14-12-10-8-6-4-2/h21-26,29-32,41-42H,3-20,27-28,33-38H2,1-2H3,(H,47,51)(H,48,52)(H,49,53)(H,50,54). The first-order chi connectivity index (χ1) is 28.4. The van der Waals surface area contributed by atoms with E-state index in [2.05, 4.69) is 35.1 Å². The van der Waals surface area contributed by atoms with Crippen molar-refractivity contribution in [2.75, 3.05) is 24.6 Å². The summed E-state index contributed by atoms with van der Waals surface area (Å²) in [5.74, 6) is -0.0936. The normalized spacial score (nSPS) is 12.0. The largest absolute Gasteiger partial charge is 0.445 e. The molecule has 0 aliphatic heterocycles. The molecule has 0 aromatic heterocycles. The molecule has 0 fully saturated rings. The number of carbonyl (C=O) groups is 4. The molecule has 0 radical (unpaired) electrons. The van der Waals surface area contributed by atoms with E-state index in [4.69, 9.17) is 9.47 Å². The number of hydrogen-bond acceptors (Lipinski definition) is 8. The molecule has 12 heteroatoms. The molecule has 2 atom stereocenters. The van der Waals surface area contributed by atoms with Crippen molar-refractivity contribution >= 4 is 45.6 Å². The van der Waals surface area contributed by atoms with Gasteiger partial charge in [-0.3, -0.25) is 9.59 Å². The molecule has 0 spiro atoms. The Hall–Kier alpha value is -3.38. The Kier molecular flexibility index (Phi) is 31.1. The van der Waals surface area contributed by atoms with Crippen LogP contribution in [0.25, 0.3) is 0 Å². The SMILES string of the molecule is CCCCCCCCCCCCNC(=O)C(CSSCC(NC(=O)OCc1ccccc1)C(=O)NCCCCCCCCCCCC)NC(=O)OCc1ccccc1. The monoisotopic (exact) mass is 843 g/mol. The van der Waals surface area contributed by atoms with Gasteiger partial charge >= 0.3 is 12.2 Å². The molecule has 0 aliphatic carbocycles.